The molecule has 0 amide bonds. The number of ether oxygens (including phenoxy) is 2. The monoisotopic (exact) mass is 428 g/mol. The van der Waals surface area contributed by atoms with Gasteiger partial charge in [0.15, 0.2) is 0 Å². The molecule has 2 aromatic rings. The van der Waals surface area contributed by atoms with Gasteiger partial charge in [-0.25, -0.2) is 9.97 Å². The Morgan fingerprint density at radius 1 is 1.32 bits per heavy atom. The van der Waals surface area contributed by atoms with E-state index in [1.54, 1.807) is 19.5 Å². The van der Waals surface area contributed by atoms with Crippen molar-refractivity contribution in [2.45, 2.75) is 45.1 Å². The maximum Gasteiger partial charge on any atom is 0.304 e. The molecule has 0 spiro atoms. The van der Waals surface area contributed by atoms with Crippen molar-refractivity contribution in [1.29, 1.82) is 0 Å². The number of benzene rings is 1. The highest BCUT2D eigenvalue weighted by atomic mass is 16.5. The van der Waals surface area contributed by atoms with Crippen LogP contribution >= 0.6 is 0 Å². The predicted octanol–water partition coefficient (Wildman–Crippen LogP) is 3.74. The van der Waals surface area contributed by atoms with Gasteiger partial charge in [0.2, 0.25) is 0 Å². The van der Waals surface area contributed by atoms with Crippen molar-refractivity contribution < 1.29 is 19.4 Å². The van der Waals surface area contributed by atoms with Gasteiger partial charge in [-0.1, -0.05) is 6.07 Å². The molecule has 1 atom stereocenters. The fraction of sp³-hybridized carbons (Fsp3) is 0.522. The molecule has 0 bridgehead atoms. The molecule has 1 fully saturated rings. The molecule has 1 aliphatic heterocycles. The van der Waals surface area contributed by atoms with E-state index in [2.05, 4.69) is 33.2 Å². The highest BCUT2D eigenvalue weighted by Crippen LogP contribution is 2.35. The number of aromatic nitrogens is 2. The fourth-order valence-electron chi connectivity index (χ4n) is 4.08. The van der Waals surface area contributed by atoms with Crippen molar-refractivity contribution in [3.63, 3.8) is 0 Å². The number of nitrogens with zero attached hydrogens (tertiary/aromatic N) is 3. The van der Waals surface area contributed by atoms with Crippen LogP contribution in [0.2, 0.25) is 0 Å². The van der Waals surface area contributed by atoms with Crippen LogP contribution in [0.1, 0.15) is 43.5 Å². The molecule has 0 aliphatic carbocycles. The van der Waals surface area contributed by atoms with Crippen LogP contribution in [0.15, 0.2) is 30.6 Å². The first-order valence-electron chi connectivity index (χ1n) is 10.8. The molecule has 168 valence electrons. The summed E-state index contributed by atoms with van der Waals surface area (Å²) < 4.78 is 10.9. The summed E-state index contributed by atoms with van der Waals surface area (Å²) in [6, 6.07) is 6.52. The number of hydrogen-bond donors (Lipinski definition) is 2. The number of nitrogens with one attached hydrogen (secondary N) is 1. The van der Waals surface area contributed by atoms with E-state index < -0.39 is 5.97 Å². The lowest BCUT2D eigenvalue weighted by molar-refractivity contribution is -0.137. The minimum atomic E-state index is -0.843. The number of rotatable bonds is 10. The van der Waals surface area contributed by atoms with E-state index >= 15 is 0 Å². The summed E-state index contributed by atoms with van der Waals surface area (Å²) in [5.41, 5.74) is 3.69. The molecular weight excluding hydrogens is 396 g/mol. The van der Waals surface area contributed by atoms with Gasteiger partial charge in [0, 0.05) is 38.8 Å². The third kappa shape index (κ3) is 6.15. The third-order valence-corrected chi connectivity index (χ3v) is 5.62. The fourth-order valence-corrected chi connectivity index (χ4v) is 4.08. The number of carboxylic acid groups (broad SMARTS) is 1. The van der Waals surface area contributed by atoms with Crippen LogP contribution in [0.25, 0.3) is 0 Å². The van der Waals surface area contributed by atoms with E-state index in [0.717, 1.165) is 55.2 Å². The van der Waals surface area contributed by atoms with E-state index in [-0.39, 0.29) is 12.3 Å². The number of aryl methyl sites for hydroxylation is 1. The summed E-state index contributed by atoms with van der Waals surface area (Å²) in [4.78, 5) is 22.4. The average molecular weight is 429 g/mol. The second-order valence-electron chi connectivity index (χ2n) is 7.80. The Morgan fingerprint density at radius 3 is 2.65 bits per heavy atom. The standard InChI is InChI=1S/C23H32N4O4/c1-4-27(20-7-9-31-10-8-20)22-6-5-17(18(15-30-3)12-23(28)29)11-21(22)26-19-13-24-16(2)25-14-19/h5-6,11,13-14,18,20,26H,4,7-10,12,15H2,1-3H3,(H,28,29)/t18-/m0/s1. The number of carboxylic acids is 1. The summed E-state index contributed by atoms with van der Waals surface area (Å²) >= 11 is 0. The molecule has 1 aromatic heterocycles. The molecule has 2 heterocycles. The molecule has 1 saturated heterocycles. The number of aliphatic carboxylic acids is 1. The Kier molecular flexibility index (Phi) is 8.20. The number of anilines is 3. The zero-order valence-electron chi connectivity index (χ0n) is 18.5. The van der Waals surface area contributed by atoms with Gasteiger partial charge < -0.3 is 24.8 Å². The first-order chi connectivity index (χ1) is 15.0. The van der Waals surface area contributed by atoms with Gasteiger partial charge in [-0.05, 0) is 44.4 Å². The zero-order chi connectivity index (χ0) is 22.2. The van der Waals surface area contributed by atoms with Gasteiger partial charge in [0.25, 0.3) is 0 Å². The van der Waals surface area contributed by atoms with Crippen molar-refractivity contribution >= 4 is 23.0 Å². The maximum atomic E-state index is 11.4. The zero-order valence-corrected chi connectivity index (χ0v) is 18.5. The minimum Gasteiger partial charge on any atom is -0.481 e. The van der Waals surface area contributed by atoms with Crippen molar-refractivity contribution in [3.05, 3.63) is 42.0 Å². The number of hydrogen-bond acceptors (Lipinski definition) is 7. The van der Waals surface area contributed by atoms with Crippen LogP contribution in [0.4, 0.5) is 17.1 Å². The van der Waals surface area contributed by atoms with E-state index in [0.29, 0.717) is 18.5 Å². The molecule has 1 aliphatic rings. The molecule has 0 radical (unpaired) electrons. The first kappa shape index (κ1) is 23.0. The molecule has 1 aromatic carbocycles. The van der Waals surface area contributed by atoms with Gasteiger partial charge in [-0.2, -0.15) is 0 Å². The van der Waals surface area contributed by atoms with Crippen molar-refractivity contribution in [3.8, 4) is 0 Å². The molecule has 31 heavy (non-hydrogen) atoms. The Labute approximate surface area is 183 Å². The van der Waals surface area contributed by atoms with E-state index in [9.17, 15) is 9.90 Å². The SMILES string of the molecule is CCN(c1ccc([C@H](COC)CC(=O)O)cc1Nc1cnc(C)nc1)C1CCOCC1. The van der Waals surface area contributed by atoms with Gasteiger partial charge >= 0.3 is 5.97 Å². The van der Waals surface area contributed by atoms with E-state index in [1.165, 1.54) is 0 Å². The highest BCUT2D eigenvalue weighted by molar-refractivity contribution is 5.77. The Balaban J connectivity index is 1.99. The summed E-state index contributed by atoms with van der Waals surface area (Å²) in [6.07, 6.45) is 5.49. The van der Waals surface area contributed by atoms with Crippen molar-refractivity contribution in [2.75, 3.05) is 43.7 Å². The molecule has 0 saturated carbocycles. The van der Waals surface area contributed by atoms with Gasteiger partial charge in [0.1, 0.15) is 5.82 Å². The maximum absolute atomic E-state index is 11.4. The van der Waals surface area contributed by atoms with Gasteiger partial charge in [-0.3, -0.25) is 4.79 Å². The topological polar surface area (TPSA) is 96.8 Å². The molecule has 2 N–H and O–H groups in total. The Morgan fingerprint density at radius 2 is 2.03 bits per heavy atom. The quantitative estimate of drug-likeness (QED) is 0.591. The van der Waals surface area contributed by atoms with E-state index in [1.807, 2.05) is 19.1 Å². The molecule has 8 nitrogen and oxygen atoms in total. The lowest BCUT2D eigenvalue weighted by atomic mass is 9.95. The molecule has 0 unspecified atom stereocenters. The lowest BCUT2D eigenvalue weighted by Gasteiger charge is -2.36. The normalized spacial score (nSPS) is 15.5. The second-order valence-corrected chi connectivity index (χ2v) is 7.80. The summed E-state index contributed by atoms with van der Waals surface area (Å²) in [5, 5.41) is 12.8. The highest BCUT2D eigenvalue weighted by Gasteiger charge is 2.24. The van der Waals surface area contributed by atoms with Crippen LogP contribution in [0, 0.1) is 6.92 Å². The predicted molar refractivity (Wildman–Crippen MR) is 120 cm³/mol. The van der Waals surface area contributed by atoms with Crippen molar-refractivity contribution in [2.24, 2.45) is 0 Å². The average Bonchev–Trinajstić information content (AvgIpc) is 2.77. The number of methoxy groups -OCH3 is 1. The number of carbonyl (C=O) groups is 1. The smallest absolute Gasteiger partial charge is 0.304 e. The van der Waals surface area contributed by atoms with Crippen molar-refractivity contribution in [1.82, 2.24) is 9.97 Å². The van der Waals surface area contributed by atoms with Gasteiger partial charge in [0.05, 0.1) is 42.5 Å². The van der Waals surface area contributed by atoms with Crippen LogP contribution in [0.3, 0.4) is 0 Å². The first-order valence-corrected chi connectivity index (χ1v) is 10.8. The van der Waals surface area contributed by atoms with Crippen LogP contribution in [0.5, 0.6) is 0 Å². The van der Waals surface area contributed by atoms with Gasteiger partial charge in [-0.15, -0.1) is 0 Å². The molecule has 8 heteroatoms. The Bertz CT molecular complexity index is 853. The third-order valence-electron chi connectivity index (χ3n) is 5.62. The van der Waals surface area contributed by atoms with E-state index in [4.69, 9.17) is 9.47 Å². The Hall–Kier alpha value is -2.71. The summed E-state index contributed by atoms with van der Waals surface area (Å²) in [7, 11) is 1.59. The van der Waals surface area contributed by atoms with Crippen LogP contribution < -0.4 is 10.2 Å². The second kappa shape index (κ2) is 11.1. The lowest BCUT2D eigenvalue weighted by Crippen LogP contribution is -2.39. The minimum absolute atomic E-state index is 0.0116. The summed E-state index contributed by atoms with van der Waals surface area (Å²) in [6.45, 7) is 6.74. The van der Waals surface area contributed by atoms with Crippen LogP contribution in [-0.2, 0) is 14.3 Å². The molecule has 3 rings (SSSR count). The largest absolute Gasteiger partial charge is 0.481 e. The van der Waals surface area contributed by atoms with Crippen LogP contribution in [-0.4, -0.2) is 60.6 Å². The summed E-state index contributed by atoms with van der Waals surface area (Å²) in [5.74, 6) is -0.368. The molecular formula is C23H32N4O4.